The molecule has 5 nitrogen and oxygen atoms in total. The van der Waals surface area contributed by atoms with Crippen molar-refractivity contribution in [2.75, 3.05) is 6.61 Å². The Bertz CT molecular complexity index is 1000. The normalized spacial score (nSPS) is 16.6. The van der Waals surface area contributed by atoms with Crippen LogP contribution in [0, 0.1) is 5.92 Å². The average molecular weight is 478 g/mol. The quantitative estimate of drug-likeness (QED) is 0.384. The van der Waals surface area contributed by atoms with E-state index in [2.05, 4.69) is 11.7 Å². The van der Waals surface area contributed by atoms with Crippen LogP contribution in [-0.4, -0.2) is 30.8 Å². The molecule has 184 valence electrons. The van der Waals surface area contributed by atoms with Crippen molar-refractivity contribution in [2.24, 2.45) is 11.7 Å². The molecule has 2 aromatic rings. The van der Waals surface area contributed by atoms with Crippen LogP contribution >= 0.6 is 0 Å². The van der Waals surface area contributed by atoms with Gasteiger partial charge in [0.25, 0.3) is 0 Å². The summed E-state index contributed by atoms with van der Waals surface area (Å²) in [4.78, 5) is 23.5. The first-order chi connectivity index (χ1) is 16.0. The van der Waals surface area contributed by atoms with Gasteiger partial charge in [0.05, 0.1) is 6.61 Å². The number of carbonyl (C=O) groups excluding carboxylic acids is 2. The second kappa shape index (κ2) is 10.6. The van der Waals surface area contributed by atoms with Crippen LogP contribution in [0.3, 0.4) is 0 Å². The average Bonchev–Trinajstić information content (AvgIpc) is 3.64. The number of nitrogens with two attached hydrogens (primary N) is 1. The third kappa shape index (κ3) is 6.17. The van der Waals surface area contributed by atoms with Crippen molar-refractivity contribution in [3.05, 3.63) is 65.2 Å². The summed E-state index contributed by atoms with van der Waals surface area (Å²) in [6.07, 6.45) is -2.98. The monoisotopic (exact) mass is 477 g/mol. The highest BCUT2D eigenvalue weighted by Crippen LogP contribution is 2.46. The highest BCUT2D eigenvalue weighted by molar-refractivity contribution is 5.91. The van der Waals surface area contributed by atoms with Crippen LogP contribution in [0.5, 0.6) is 5.75 Å². The smallest absolute Gasteiger partial charge is 0.491 e. The number of hydrogen-bond donors (Lipinski definition) is 1. The van der Waals surface area contributed by atoms with Gasteiger partial charge in [0.1, 0.15) is 11.8 Å². The van der Waals surface area contributed by atoms with Crippen LogP contribution in [0.2, 0.25) is 0 Å². The molecule has 0 spiro atoms. The fraction of sp³-hybridized carbons (Fsp3) is 0.462. The molecule has 1 unspecified atom stereocenters. The molecule has 0 radical (unpaired) electrons. The fourth-order valence-electron chi connectivity index (χ4n) is 4.07. The lowest BCUT2D eigenvalue weighted by molar-refractivity contribution is -0.202. The van der Waals surface area contributed by atoms with Crippen molar-refractivity contribution in [3.63, 3.8) is 0 Å². The molecular weight excluding hydrogens is 447 g/mol. The molecule has 1 aliphatic carbocycles. The Labute approximate surface area is 197 Å². The van der Waals surface area contributed by atoms with Crippen LogP contribution in [-0.2, 0) is 14.3 Å². The summed E-state index contributed by atoms with van der Waals surface area (Å²) in [5, 5.41) is 0. The van der Waals surface area contributed by atoms with Crippen LogP contribution in [0.1, 0.15) is 68.1 Å². The molecule has 2 N–H and O–H groups in total. The third-order valence-electron chi connectivity index (χ3n) is 6.28. The van der Waals surface area contributed by atoms with E-state index in [0.29, 0.717) is 17.2 Å². The van der Waals surface area contributed by atoms with Gasteiger partial charge in [-0.25, -0.2) is 9.59 Å². The van der Waals surface area contributed by atoms with Crippen LogP contribution < -0.4 is 10.5 Å². The van der Waals surface area contributed by atoms with E-state index in [4.69, 9.17) is 10.5 Å². The number of halogens is 3. The summed E-state index contributed by atoms with van der Waals surface area (Å²) in [6, 6.07) is 13.1. The molecule has 0 aromatic heterocycles. The van der Waals surface area contributed by atoms with E-state index in [0.717, 1.165) is 24.0 Å². The molecule has 1 aliphatic rings. The topological polar surface area (TPSA) is 78.6 Å². The van der Waals surface area contributed by atoms with Crippen molar-refractivity contribution in [3.8, 4) is 5.75 Å². The van der Waals surface area contributed by atoms with Crippen molar-refractivity contribution >= 4 is 11.9 Å². The molecule has 3 rings (SSSR count). The molecule has 1 fully saturated rings. The zero-order chi connectivity index (χ0) is 25.0. The number of benzene rings is 2. The molecule has 34 heavy (non-hydrogen) atoms. The van der Waals surface area contributed by atoms with Crippen molar-refractivity contribution in [2.45, 2.75) is 63.6 Å². The Morgan fingerprint density at radius 1 is 1.00 bits per heavy atom. The van der Waals surface area contributed by atoms with E-state index < -0.39 is 30.1 Å². The van der Waals surface area contributed by atoms with E-state index in [1.54, 1.807) is 30.3 Å². The van der Waals surface area contributed by atoms with Gasteiger partial charge in [0, 0.05) is 5.92 Å². The second-order valence-corrected chi connectivity index (χ2v) is 9.11. The first-order valence-corrected chi connectivity index (χ1v) is 11.4. The zero-order valence-electron chi connectivity index (χ0n) is 19.5. The molecule has 3 atom stereocenters. The number of rotatable bonds is 9. The number of alkyl halides is 3. The predicted octanol–water partition coefficient (Wildman–Crippen LogP) is 5.45. The van der Waals surface area contributed by atoms with Gasteiger partial charge in [0.15, 0.2) is 0 Å². The Hall–Kier alpha value is -2.87. The summed E-state index contributed by atoms with van der Waals surface area (Å²) >= 11 is 0. The van der Waals surface area contributed by atoms with Crippen LogP contribution in [0.4, 0.5) is 13.2 Å². The number of para-hydroxylation sites is 1. The molecule has 2 aromatic carbocycles. The minimum Gasteiger partial charge on any atom is -0.492 e. The summed E-state index contributed by atoms with van der Waals surface area (Å²) in [5.41, 5.74) is 8.68. The Balaban J connectivity index is 1.89. The van der Waals surface area contributed by atoms with Crippen molar-refractivity contribution in [1.29, 1.82) is 0 Å². The molecular formula is C26H30F3NO4. The van der Waals surface area contributed by atoms with E-state index in [-0.39, 0.29) is 18.4 Å². The van der Waals surface area contributed by atoms with E-state index in [9.17, 15) is 22.8 Å². The SMILES string of the molecule is CC(C)c1cccc([C@H](C)C2CC2)c1OCC(c1ccccc1)[C@H](N)C(=O)OC(=O)C(F)(F)F. The lowest BCUT2D eigenvalue weighted by atomic mass is 9.90. The maximum Gasteiger partial charge on any atom is 0.491 e. The second-order valence-electron chi connectivity index (χ2n) is 9.11. The molecule has 0 saturated heterocycles. The summed E-state index contributed by atoms with van der Waals surface area (Å²) in [6.45, 7) is 6.18. The Kier molecular flexibility index (Phi) is 8.02. The van der Waals surface area contributed by atoms with Crippen molar-refractivity contribution < 1.29 is 32.2 Å². The van der Waals surface area contributed by atoms with Gasteiger partial charge in [-0.2, -0.15) is 13.2 Å². The van der Waals surface area contributed by atoms with Gasteiger partial charge in [-0.3, -0.25) is 0 Å². The van der Waals surface area contributed by atoms with Gasteiger partial charge in [-0.05, 0) is 47.3 Å². The number of esters is 2. The standard InChI is InChI=1S/C26H30F3NO4/c1-15(2)19-10-7-11-20(16(3)17-12-13-17)23(19)33-14-21(18-8-5-4-6-9-18)22(30)24(31)34-25(32)26(27,28)29/h4-11,15-17,21-22H,12-14,30H2,1-3H3/t16-,21?,22+/m1/s1. The van der Waals surface area contributed by atoms with Gasteiger partial charge in [-0.1, -0.05) is 69.3 Å². The van der Waals surface area contributed by atoms with E-state index in [1.807, 2.05) is 32.0 Å². The highest BCUT2D eigenvalue weighted by Gasteiger charge is 2.44. The summed E-state index contributed by atoms with van der Waals surface area (Å²) < 4.78 is 48.1. The first kappa shape index (κ1) is 25.7. The molecule has 0 heterocycles. The first-order valence-electron chi connectivity index (χ1n) is 11.4. The van der Waals surface area contributed by atoms with Gasteiger partial charge < -0.3 is 15.2 Å². The maximum atomic E-state index is 12.6. The van der Waals surface area contributed by atoms with Gasteiger partial charge in [0.2, 0.25) is 0 Å². The van der Waals surface area contributed by atoms with Crippen molar-refractivity contribution in [1.82, 2.24) is 0 Å². The highest BCUT2D eigenvalue weighted by atomic mass is 19.4. The van der Waals surface area contributed by atoms with E-state index >= 15 is 0 Å². The Morgan fingerprint density at radius 3 is 2.18 bits per heavy atom. The minimum absolute atomic E-state index is 0.0748. The maximum absolute atomic E-state index is 12.6. The minimum atomic E-state index is -5.29. The zero-order valence-corrected chi connectivity index (χ0v) is 19.5. The molecule has 0 amide bonds. The number of ether oxygens (including phenoxy) is 2. The lowest BCUT2D eigenvalue weighted by Crippen LogP contribution is -2.43. The third-order valence-corrected chi connectivity index (χ3v) is 6.28. The molecule has 8 heteroatoms. The number of carbonyl (C=O) groups is 2. The van der Waals surface area contributed by atoms with Crippen LogP contribution in [0.25, 0.3) is 0 Å². The summed E-state index contributed by atoms with van der Waals surface area (Å²) in [5.74, 6) is -3.13. The fourth-order valence-corrected chi connectivity index (χ4v) is 4.07. The molecule has 0 aliphatic heterocycles. The van der Waals surface area contributed by atoms with Crippen LogP contribution in [0.15, 0.2) is 48.5 Å². The van der Waals surface area contributed by atoms with Gasteiger partial charge in [-0.15, -0.1) is 0 Å². The predicted molar refractivity (Wildman–Crippen MR) is 121 cm³/mol. The lowest BCUT2D eigenvalue weighted by Gasteiger charge is -2.26. The molecule has 0 bridgehead atoms. The van der Waals surface area contributed by atoms with Gasteiger partial charge >= 0.3 is 18.1 Å². The number of hydrogen-bond acceptors (Lipinski definition) is 5. The summed E-state index contributed by atoms with van der Waals surface area (Å²) in [7, 11) is 0. The molecule has 1 saturated carbocycles. The van der Waals surface area contributed by atoms with E-state index in [1.165, 1.54) is 0 Å². The Morgan fingerprint density at radius 2 is 1.62 bits per heavy atom. The largest absolute Gasteiger partial charge is 0.492 e.